The summed E-state index contributed by atoms with van der Waals surface area (Å²) in [5.41, 5.74) is 0. The standard InChI is InChI=1S/C11H21NO3/c1-8(7-13)12-11(14)6-5-10-4-3-9(2)15-10/h8-10,13H,3-7H2,1-2H3,(H,12,14). The topological polar surface area (TPSA) is 58.6 Å². The van der Waals surface area contributed by atoms with Crippen LogP contribution in [0.5, 0.6) is 0 Å². The summed E-state index contributed by atoms with van der Waals surface area (Å²) >= 11 is 0. The molecular formula is C11H21NO3. The number of aliphatic hydroxyl groups is 1. The summed E-state index contributed by atoms with van der Waals surface area (Å²) in [6.07, 6.45) is 4.02. The van der Waals surface area contributed by atoms with E-state index >= 15 is 0 Å². The van der Waals surface area contributed by atoms with Gasteiger partial charge in [-0.15, -0.1) is 0 Å². The minimum Gasteiger partial charge on any atom is -0.394 e. The summed E-state index contributed by atoms with van der Waals surface area (Å²) in [6, 6.07) is -0.152. The molecule has 0 radical (unpaired) electrons. The lowest BCUT2D eigenvalue weighted by molar-refractivity contribution is -0.122. The smallest absolute Gasteiger partial charge is 0.220 e. The highest BCUT2D eigenvalue weighted by atomic mass is 16.5. The van der Waals surface area contributed by atoms with Gasteiger partial charge >= 0.3 is 0 Å². The van der Waals surface area contributed by atoms with Crippen molar-refractivity contribution in [1.82, 2.24) is 5.32 Å². The molecule has 1 amide bonds. The molecule has 1 aliphatic heterocycles. The van der Waals surface area contributed by atoms with E-state index in [0.29, 0.717) is 12.5 Å². The Kier molecular flexibility index (Phi) is 5.05. The summed E-state index contributed by atoms with van der Waals surface area (Å²) in [6.45, 7) is 3.84. The fourth-order valence-electron chi connectivity index (χ4n) is 1.78. The fraction of sp³-hybridized carbons (Fsp3) is 0.909. The molecule has 4 nitrogen and oxygen atoms in total. The molecule has 0 aromatic carbocycles. The first kappa shape index (κ1) is 12.5. The highest BCUT2D eigenvalue weighted by molar-refractivity contribution is 5.76. The molecule has 0 aliphatic carbocycles. The minimum atomic E-state index is -0.152. The fourth-order valence-corrected chi connectivity index (χ4v) is 1.78. The van der Waals surface area contributed by atoms with Crippen molar-refractivity contribution in [3.63, 3.8) is 0 Å². The largest absolute Gasteiger partial charge is 0.394 e. The minimum absolute atomic E-state index is 0.000275. The van der Waals surface area contributed by atoms with Gasteiger partial charge in [0.05, 0.1) is 18.8 Å². The Morgan fingerprint density at radius 1 is 1.60 bits per heavy atom. The lowest BCUT2D eigenvalue weighted by atomic mass is 10.1. The second-order valence-corrected chi connectivity index (χ2v) is 4.34. The number of hydrogen-bond acceptors (Lipinski definition) is 3. The van der Waals surface area contributed by atoms with Crippen molar-refractivity contribution >= 4 is 5.91 Å². The molecule has 0 saturated carbocycles. The molecule has 0 spiro atoms. The van der Waals surface area contributed by atoms with Crippen LogP contribution in [0.3, 0.4) is 0 Å². The Morgan fingerprint density at radius 2 is 2.33 bits per heavy atom. The van der Waals surface area contributed by atoms with Crippen LogP contribution in [0.25, 0.3) is 0 Å². The van der Waals surface area contributed by atoms with Crippen LogP contribution in [-0.4, -0.2) is 35.9 Å². The zero-order valence-electron chi connectivity index (χ0n) is 9.53. The summed E-state index contributed by atoms with van der Waals surface area (Å²) in [7, 11) is 0. The Hall–Kier alpha value is -0.610. The van der Waals surface area contributed by atoms with Crippen LogP contribution in [0.2, 0.25) is 0 Å². The van der Waals surface area contributed by atoms with E-state index in [4.69, 9.17) is 9.84 Å². The molecule has 0 aromatic rings. The third kappa shape index (κ3) is 4.62. The Bertz CT molecular complexity index is 208. The number of aliphatic hydroxyl groups excluding tert-OH is 1. The summed E-state index contributed by atoms with van der Waals surface area (Å²) in [5.74, 6) is -0.000275. The Morgan fingerprint density at radius 3 is 2.87 bits per heavy atom. The van der Waals surface area contributed by atoms with Crippen LogP contribution >= 0.6 is 0 Å². The van der Waals surface area contributed by atoms with E-state index in [1.807, 2.05) is 0 Å². The predicted octanol–water partition coefficient (Wildman–Crippen LogP) is 0.831. The zero-order chi connectivity index (χ0) is 11.3. The molecule has 0 aromatic heterocycles. The first-order chi connectivity index (χ1) is 7.11. The first-order valence-corrected chi connectivity index (χ1v) is 5.67. The molecule has 88 valence electrons. The summed E-state index contributed by atoms with van der Waals surface area (Å²) in [5, 5.41) is 11.5. The van der Waals surface area contributed by atoms with E-state index in [0.717, 1.165) is 19.3 Å². The van der Waals surface area contributed by atoms with Crippen molar-refractivity contribution < 1.29 is 14.6 Å². The average Bonchev–Trinajstić information content (AvgIpc) is 2.61. The predicted molar refractivity (Wildman–Crippen MR) is 57.5 cm³/mol. The van der Waals surface area contributed by atoms with Crippen molar-refractivity contribution in [2.24, 2.45) is 0 Å². The van der Waals surface area contributed by atoms with Gasteiger partial charge < -0.3 is 15.2 Å². The number of carbonyl (C=O) groups is 1. The van der Waals surface area contributed by atoms with Crippen molar-refractivity contribution in [3.8, 4) is 0 Å². The van der Waals surface area contributed by atoms with Crippen LogP contribution < -0.4 is 5.32 Å². The Balaban J connectivity index is 2.11. The first-order valence-electron chi connectivity index (χ1n) is 5.67. The molecule has 3 atom stereocenters. The molecule has 1 saturated heterocycles. The number of hydrogen-bond donors (Lipinski definition) is 2. The SMILES string of the molecule is CC(CO)NC(=O)CCC1CCC(C)O1. The van der Waals surface area contributed by atoms with Gasteiger partial charge in [0.15, 0.2) is 0 Å². The highest BCUT2D eigenvalue weighted by Crippen LogP contribution is 2.22. The lowest BCUT2D eigenvalue weighted by Crippen LogP contribution is -2.35. The molecule has 1 rings (SSSR count). The third-order valence-electron chi connectivity index (χ3n) is 2.69. The number of carbonyl (C=O) groups excluding carboxylic acids is 1. The van der Waals surface area contributed by atoms with Gasteiger partial charge in [-0.3, -0.25) is 4.79 Å². The molecule has 1 heterocycles. The van der Waals surface area contributed by atoms with Crippen molar-refractivity contribution in [3.05, 3.63) is 0 Å². The van der Waals surface area contributed by atoms with Crippen LogP contribution in [0.4, 0.5) is 0 Å². The van der Waals surface area contributed by atoms with Gasteiger partial charge in [0.2, 0.25) is 5.91 Å². The van der Waals surface area contributed by atoms with Crippen molar-refractivity contribution in [2.45, 2.75) is 57.8 Å². The maximum absolute atomic E-state index is 11.4. The van der Waals surface area contributed by atoms with Crippen LogP contribution in [0, 0.1) is 0 Å². The molecular weight excluding hydrogens is 194 g/mol. The summed E-state index contributed by atoms with van der Waals surface area (Å²) in [4.78, 5) is 11.4. The van der Waals surface area contributed by atoms with E-state index in [1.165, 1.54) is 0 Å². The van der Waals surface area contributed by atoms with Crippen LogP contribution in [-0.2, 0) is 9.53 Å². The molecule has 0 bridgehead atoms. The molecule has 3 unspecified atom stereocenters. The van der Waals surface area contributed by atoms with Gasteiger partial charge in [-0.2, -0.15) is 0 Å². The van der Waals surface area contributed by atoms with Gasteiger partial charge in [0.25, 0.3) is 0 Å². The van der Waals surface area contributed by atoms with Gasteiger partial charge in [-0.25, -0.2) is 0 Å². The normalized spacial score (nSPS) is 27.7. The molecule has 15 heavy (non-hydrogen) atoms. The van der Waals surface area contributed by atoms with E-state index in [-0.39, 0.29) is 24.7 Å². The summed E-state index contributed by atoms with van der Waals surface area (Å²) < 4.78 is 5.61. The van der Waals surface area contributed by atoms with E-state index in [2.05, 4.69) is 12.2 Å². The molecule has 2 N–H and O–H groups in total. The molecule has 1 aliphatic rings. The van der Waals surface area contributed by atoms with Gasteiger partial charge in [-0.05, 0) is 33.1 Å². The lowest BCUT2D eigenvalue weighted by Gasteiger charge is -2.13. The number of rotatable bonds is 5. The second-order valence-electron chi connectivity index (χ2n) is 4.34. The second kappa shape index (κ2) is 6.08. The maximum atomic E-state index is 11.4. The monoisotopic (exact) mass is 215 g/mol. The number of amides is 1. The van der Waals surface area contributed by atoms with Gasteiger partial charge in [-0.1, -0.05) is 0 Å². The maximum Gasteiger partial charge on any atom is 0.220 e. The van der Waals surface area contributed by atoms with E-state index in [9.17, 15) is 4.79 Å². The molecule has 4 heteroatoms. The van der Waals surface area contributed by atoms with Crippen LogP contribution in [0.1, 0.15) is 39.5 Å². The number of nitrogens with one attached hydrogen (secondary N) is 1. The third-order valence-corrected chi connectivity index (χ3v) is 2.69. The average molecular weight is 215 g/mol. The highest BCUT2D eigenvalue weighted by Gasteiger charge is 2.22. The van der Waals surface area contributed by atoms with Crippen molar-refractivity contribution in [1.29, 1.82) is 0 Å². The van der Waals surface area contributed by atoms with E-state index < -0.39 is 0 Å². The van der Waals surface area contributed by atoms with Crippen LogP contribution in [0.15, 0.2) is 0 Å². The molecule has 1 fully saturated rings. The van der Waals surface area contributed by atoms with Gasteiger partial charge in [0, 0.05) is 12.5 Å². The number of ether oxygens (including phenoxy) is 1. The zero-order valence-corrected chi connectivity index (χ0v) is 9.53. The quantitative estimate of drug-likeness (QED) is 0.714. The van der Waals surface area contributed by atoms with E-state index in [1.54, 1.807) is 6.92 Å². The van der Waals surface area contributed by atoms with Crippen molar-refractivity contribution in [2.75, 3.05) is 6.61 Å². The van der Waals surface area contributed by atoms with Gasteiger partial charge in [0.1, 0.15) is 0 Å². The Labute approximate surface area is 91.0 Å².